The van der Waals surface area contributed by atoms with Crippen molar-refractivity contribution < 1.29 is 22.7 Å². The highest BCUT2D eigenvalue weighted by molar-refractivity contribution is 7.89. The molecule has 1 aliphatic heterocycles. The molecule has 5 rings (SSSR count). The third kappa shape index (κ3) is 6.86. The number of benzene rings is 3. The Labute approximate surface area is 242 Å². The summed E-state index contributed by atoms with van der Waals surface area (Å²) in [5.41, 5.74) is 3.32. The summed E-state index contributed by atoms with van der Waals surface area (Å²) in [5, 5.41) is 3.41. The maximum atomic E-state index is 13.5. The van der Waals surface area contributed by atoms with Gasteiger partial charge in [-0.1, -0.05) is 54.6 Å². The molecule has 1 aliphatic carbocycles. The van der Waals surface area contributed by atoms with Crippen molar-refractivity contribution in [2.75, 3.05) is 26.2 Å². The first kappa shape index (κ1) is 29.0. The number of hydrogen-bond acceptors (Lipinski definition) is 6. The highest BCUT2D eigenvalue weighted by atomic mass is 32.2. The number of esters is 1. The van der Waals surface area contributed by atoms with Crippen LogP contribution in [0.4, 0.5) is 0 Å². The maximum Gasteiger partial charge on any atom is 0.338 e. The van der Waals surface area contributed by atoms with Crippen LogP contribution in [0.15, 0.2) is 83.8 Å². The molecule has 0 spiro atoms. The lowest BCUT2D eigenvalue weighted by Gasteiger charge is -2.40. The van der Waals surface area contributed by atoms with Crippen LogP contribution >= 0.6 is 0 Å². The van der Waals surface area contributed by atoms with Gasteiger partial charge in [0.25, 0.3) is 0 Å². The van der Waals surface area contributed by atoms with Crippen molar-refractivity contribution in [1.82, 2.24) is 14.9 Å². The summed E-state index contributed by atoms with van der Waals surface area (Å²) in [4.78, 5) is 27.6. The van der Waals surface area contributed by atoms with E-state index in [0.29, 0.717) is 44.4 Å². The summed E-state index contributed by atoms with van der Waals surface area (Å²) in [6, 6.07) is 23.7. The molecule has 0 unspecified atom stereocenters. The number of rotatable bonds is 8. The number of hydrogen-bond donors (Lipinski definition) is 2. The van der Waals surface area contributed by atoms with E-state index in [9.17, 15) is 18.0 Å². The normalized spacial score (nSPS) is 21.3. The molecule has 2 N–H and O–H groups in total. The van der Waals surface area contributed by atoms with Crippen molar-refractivity contribution in [2.45, 2.75) is 49.6 Å². The van der Waals surface area contributed by atoms with E-state index in [0.717, 1.165) is 29.8 Å². The van der Waals surface area contributed by atoms with E-state index >= 15 is 0 Å². The van der Waals surface area contributed by atoms with Gasteiger partial charge in [-0.2, -0.15) is 0 Å². The predicted octanol–water partition coefficient (Wildman–Crippen LogP) is 4.54. The number of ether oxygens (including phenoxy) is 1. The Balaban J connectivity index is 1.17. The molecule has 2 fully saturated rings. The van der Waals surface area contributed by atoms with Crippen LogP contribution < -0.4 is 10.0 Å². The number of carbonyl (C=O) groups excluding carboxylic acids is 2. The van der Waals surface area contributed by atoms with Gasteiger partial charge in [0, 0.05) is 31.6 Å². The average Bonchev–Trinajstić information content (AvgIpc) is 3.01. The summed E-state index contributed by atoms with van der Waals surface area (Å²) >= 11 is 0. The summed E-state index contributed by atoms with van der Waals surface area (Å²) in [6.07, 6.45) is 2.58. The summed E-state index contributed by atoms with van der Waals surface area (Å²) in [6.45, 7) is 4.27. The lowest BCUT2D eigenvalue weighted by atomic mass is 9.85. The molecule has 0 bridgehead atoms. The van der Waals surface area contributed by atoms with Crippen molar-refractivity contribution in [2.24, 2.45) is 5.92 Å². The first-order valence-electron chi connectivity index (χ1n) is 14.3. The van der Waals surface area contributed by atoms with Crippen molar-refractivity contribution in [1.29, 1.82) is 0 Å². The van der Waals surface area contributed by atoms with Gasteiger partial charge in [0.1, 0.15) is 0 Å². The molecule has 1 amide bonds. The van der Waals surface area contributed by atoms with Gasteiger partial charge in [-0.15, -0.1) is 0 Å². The van der Waals surface area contributed by atoms with E-state index in [-0.39, 0.29) is 34.8 Å². The van der Waals surface area contributed by atoms with Crippen molar-refractivity contribution in [3.63, 3.8) is 0 Å². The lowest BCUT2D eigenvalue weighted by Crippen LogP contribution is -2.51. The minimum Gasteiger partial charge on any atom is -0.462 e. The van der Waals surface area contributed by atoms with Crippen LogP contribution in [0.5, 0.6) is 0 Å². The van der Waals surface area contributed by atoms with E-state index < -0.39 is 10.0 Å². The predicted molar refractivity (Wildman–Crippen MR) is 158 cm³/mol. The molecule has 216 valence electrons. The number of piperazine rings is 1. The molecule has 3 aromatic rings. The van der Waals surface area contributed by atoms with Gasteiger partial charge in [-0.25, -0.2) is 17.9 Å². The van der Waals surface area contributed by atoms with Gasteiger partial charge in [0.2, 0.25) is 15.9 Å². The first-order valence-corrected chi connectivity index (χ1v) is 15.8. The molecule has 8 nitrogen and oxygen atoms in total. The van der Waals surface area contributed by atoms with Gasteiger partial charge < -0.3 is 15.0 Å². The minimum atomic E-state index is -3.70. The second-order valence-corrected chi connectivity index (χ2v) is 12.4. The third-order valence-corrected chi connectivity index (χ3v) is 9.54. The van der Waals surface area contributed by atoms with Gasteiger partial charge in [-0.3, -0.25) is 4.79 Å². The Morgan fingerprint density at radius 3 is 2.17 bits per heavy atom. The highest BCUT2D eigenvalue weighted by Crippen LogP contribution is 2.31. The van der Waals surface area contributed by atoms with Gasteiger partial charge in [-0.05, 0) is 73.6 Å². The van der Waals surface area contributed by atoms with E-state index in [1.807, 2.05) is 35.2 Å². The first-order chi connectivity index (χ1) is 19.9. The Morgan fingerprint density at radius 2 is 1.54 bits per heavy atom. The van der Waals surface area contributed by atoms with Gasteiger partial charge >= 0.3 is 5.97 Å². The lowest BCUT2D eigenvalue weighted by molar-refractivity contribution is -0.140. The summed E-state index contributed by atoms with van der Waals surface area (Å²) < 4.78 is 34.2. The molecule has 2 aliphatic rings. The van der Waals surface area contributed by atoms with Crippen molar-refractivity contribution in [3.05, 3.63) is 90.0 Å². The Hall–Kier alpha value is -3.53. The molecular weight excluding hydrogens is 538 g/mol. The van der Waals surface area contributed by atoms with Crippen LogP contribution in [-0.4, -0.2) is 57.5 Å². The van der Waals surface area contributed by atoms with Crippen LogP contribution in [0, 0.1) is 5.92 Å². The highest BCUT2D eigenvalue weighted by Gasteiger charge is 2.35. The van der Waals surface area contributed by atoms with E-state index in [4.69, 9.17) is 4.74 Å². The molecule has 1 heterocycles. The quantitative estimate of drug-likeness (QED) is 0.382. The molecule has 9 heteroatoms. The Morgan fingerprint density at radius 1 is 0.902 bits per heavy atom. The number of nitrogens with zero attached hydrogens (tertiary/aromatic N) is 1. The second-order valence-electron chi connectivity index (χ2n) is 10.7. The Kier molecular flexibility index (Phi) is 9.17. The number of amides is 1. The number of nitrogens with one attached hydrogen (secondary N) is 2. The largest absolute Gasteiger partial charge is 0.462 e. The van der Waals surface area contributed by atoms with Crippen LogP contribution in [0.1, 0.15) is 54.6 Å². The van der Waals surface area contributed by atoms with Crippen LogP contribution in [-0.2, 0) is 19.6 Å². The zero-order valence-electron chi connectivity index (χ0n) is 23.3. The van der Waals surface area contributed by atoms with Gasteiger partial charge in [0.15, 0.2) is 0 Å². The molecular formula is C32H37N3O5S. The van der Waals surface area contributed by atoms with Crippen molar-refractivity contribution >= 4 is 21.9 Å². The molecule has 1 saturated carbocycles. The van der Waals surface area contributed by atoms with Crippen LogP contribution in [0.2, 0.25) is 0 Å². The number of carbonyl (C=O) groups is 2. The molecule has 0 radical (unpaired) electrons. The fourth-order valence-corrected chi connectivity index (χ4v) is 7.07. The second kappa shape index (κ2) is 13.0. The topological polar surface area (TPSA) is 105 Å². The fraction of sp³-hybridized carbons (Fsp3) is 0.375. The monoisotopic (exact) mass is 575 g/mol. The molecule has 1 saturated heterocycles. The average molecular weight is 576 g/mol. The standard InChI is InChI=1S/C32H37N3O5S/c1-2-40-32(37)27-10-8-23(9-11-27)24-14-18-29(19-15-24)41(38,39)34-28-16-12-26(13-17-28)31(36)35-21-20-33-22-30(35)25-6-4-3-5-7-25/h3-11,14-15,18-19,26,28,30,33-34H,2,12-13,16-17,20-22H2,1H3/t26-,28-,30-/m1/s1. The summed E-state index contributed by atoms with van der Waals surface area (Å²) in [7, 11) is -3.70. The van der Waals surface area contributed by atoms with E-state index in [1.54, 1.807) is 43.3 Å². The minimum absolute atomic E-state index is 0.0205. The van der Waals surface area contributed by atoms with Crippen molar-refractivity contribution in [3.8, 4) is 11.1 Å². The SMILES string of the molecule is CCOC(=O)c1ccc(-c2ccc(S(=O)(=O)N[C@H]3CC[C@H](C(=O)N4CCNC[C@@H]4c4ccccc4)CC3)cc2)cc1. The smallest absolute Gasteiger partial charge is 0.338 e. The molecule has 1 atom stereocenters. The fourth-order valence-electron chi connectivity index (χ4n) is 5.76. The van der Waals surface area contributed by atoms with Crippen LogP contribution in [0.25, 0.3) is 11.1 Å². The zero-order valence-corrected chi connectivity index (χ0v) is 24.1. The van der Waals surface area contributed by atoms with E-state index in [1.165, 1.54) is 0 Å². The molecule has 0 aromatic heterocycles. The van der Waals surface area contributed by atoms with Gasteiger partial charge in [0.05, 0.1) is 23.1 Å². The number of sulfonamides is 1. The van der Waals surface area contributed by atoms with E-state index in [2.05, 4.69) is 22.2 Å². The molecule has 3 aromatic carbocycles. The zero-order chi connectivity index (χ0) is 28.8. The molecule has 41 heavy (non-hydrogen) atoms. The third-order valence-electron chi connectivity index (χ3n) is 8.00. The van der Waals surface area contributed by atoms with Crippen LogP contribution in [0.3, 0.4) is 0 Å². The maximum absolute atomic E-state index is 13.5. The Bertz CT molecular complexity index is 1430. The summed E-state index contributed by atoms with van der Waals surface area (Å²) in [5.74, 6) is -0.285.